The minimum atomic E-state index is -0.135. The molecule has 0 atom stereocenters. The van der Waals surface area contributed by atoms with Gasteiger partial charge in [0.05, 0.1) is 22.1 Å². The van der Waals surface area contributed by atoms with Crippen molar-refractivity contribution in [1.29, 1.82) is 0 Å². The van der Waals surface area contributed by atoms with Gasteiger partial charge in [-0.15, -0.1) is 0 Å². The maximum absolute atomic E-state index is 6.51. The summed E-state index contributed by atoms with van der Waals surface area (Å²) in [7, 11) is 0. The van der Waals surface area contributed by atoms with E-state index in [2.05, 4.69) is 187 Å². The van der Waals surface area contributed by atoms with Gasteiger partial charge >= 0.3 is 0 Å². The highest BCUT2D eigenvalue weighted by atomic mass is 16.3. The van der Waals surface area contributed by atoms with Crippen LogP contribution in [0.1, 0.15) is 25.0 Å². The summed E-state index contributed by atoms with van der Waals surface area (Å²) >= 11 is 0. The highest BCUT2D eigenvalue weighted by Crippen LogP contribution is 2.51. The zero-order valence-corrected chi connectivity index (χ0v) is 33.5. The molecule has 4 nitrogen and oxygen atoms in total. The number of hydrogen-bond donors (Lipinski definition) is 0. The van der Waals surface area contributed by atoms with Crippen molar-refractivity contribution in [2.75, 3.05) is 0 Å². The predicted molar refractivity (Wildman–Crippen MR) is 253 cm³/mol. The van der Waals surface area contributed by atoms with Crippen LogP contribution in [0.15, 0.2) is 191 Å². The van der Waals surface area contributed by atoms with Crippen molar-refractivity contribution < 1.29 is 8.83 Å². The molecule has 9 aromatic carbocycles. The third-order valence-electron chi connectivity index (χ3n) is 13.7. The molecule has 0 N–H and O–H groups in total. The number of nitrogens with zero attached hydrogens (tertiary/aromatic N) is 2. The molecule has 14 rings (SSSR count). The van der Waals surface area contributed by atoms with Gasteiger partial charge in [0.2, 0.25) is 0 Å². The van der Waals surface area contributed by atoms with E-state index in [1.807, 2.05) is 18.2 Å². The van der Waals surface area contributed by atoms with Gasteiger partial charge in [0, 0.05) is 65.9 Å². The van der Waals surface area contributed by atoms with Crippen LogP contribution in [0.3, 0.4) is 0 Å². The van der Waals surface area contributed by atoms with Gasteiger partial charge in [-0.3, -0.25) is 0 Å². The maximum Gasteiger partial charge on any atom is 0.139 e. The SMILES string of the molecule is CC1(C)c2ccccc2-c2cc3c4cc(-c5ccc6c(c5)c5ccccc5n6-c5ccccc5)ccc4n(-c4ccc5oc6cc7oc8ccccc8c7cc6c5c4)c3cc21. The van der Waals surface area contributed by atoms with Crippen LogP contribution in [0.5, 0.6) is 0 Å². The van der Waals surface area contributed by atoms with Crippen LogP contribution in [-0.4, -0.2) is 9.13 Å². The predicted octanol–water partition coefficient (Wildman–Crippen LogP) is 15.7. The van der Waals surface area contributed by atoms with Gasteiger partial charge in [0.25, 0.3) is 0 Å². The van der Waals surface area contributed by atoms with E-state index in [1.165, 1.54) is 77.0 Å². The fourth-order valence-corrected chi connectivity index (χ4v) is 10.8. The van der Waals surface area contributed by atoms with Crippen LogP contribution >= 0.6 is 0 Å². The molecule has 4 heterocycles. The number of para-hydroxylation sites is 3. The molecule has 0 amide bonds. The molecule has 0 saturated carbocycles. The molecule has 4 aromatic heterocycles. The van der Waals surface area contributed by atoms with E-state index in [0.29, 0.717) is 0 Å². The Morgan fingerprint density at radius 2 is 0.918 bits per heavy atom. The second-order valence-electron chi connectivity index (χ2n) is 17.3. The molecular weight excluding hydrogens is 745 g/mol. The Morgan fingerprint density at radius 3 is 1.72 bits per heavy atom. The monoisotopic (exact) mass is 780 g/mol. The lowest BCUT2D eigenvalue weighted by Crippen LogP contribution is -2.14. The highest BCUT2D eigenvalue weighted by molar-refractivity contribution is 6.17. The van der Waals surface area contributed by atoms with E-state index in [4.69, 9.17) is 8.83 Å². The summed E-state index contributed by atoms with van der Waals surface area (Å²) in [4.78, 5) is 0. The van der Waals surface area contributed by atoms with Crippen LogP contribution in [0.25, 0.3) is 121 Å². The summed E-state index contributed by atoms with van der Waals surface area (Å²) in [5, 5.41) is 9.35. The van der Waals surface area contributed by atoms with Gasteiger partial charge in [-0.25, -0.2) is 0 Å². The van der Waals surface area contributed by atoms with Crippen molar-refractivity contribution in [2.24, 2.45) is 0 Å². The molecule has 1 aliphatic rings. The molecule has 0 radical (unpaired) electrons. The van der Waals surface area contributed by atoms with E-state index >= 15 is 0 Å². The number of fused-ring (bicyclic) bond motifs is 15. The molecule has 0 aliphatic heterocycles. The molecule has 0 unspecified atom stereocenters. The van der Waals surface area contributed by atoms with Crippen LogP contribution in [0.4, 0.5) is 0 Å². The normalized spacial score (nSPS) is 13.5. The molecule has 0 saturated heterocycles. The zero-order chi connectivity index (χ0) is 40.1. The van der Waals surface area contributed by atoms with Crippen LogP contribution in [-0.2, 0) is 5.41 Å². The standard InChI is InChI=1S/C57H36N2O2/c1-57(2)47-17-9-6-14-37(47)40-29-43-42-27-34(33-20-23-50-41(26-33)38-15-7-10-18-49(38)58(50)35-12-4-3-5-13-35)21-24-51(42)59(52(43)31-48(40)57)36-22-25-54-44(28-36)46-30-45-39-16-8-11-19-53(39)60-55(45)32-56(46)61-54/h3-32H,1-2H3. The Hall–Kier alpha value is -7.82. The Morgan fingerprint density at radius 1 is 0.328 bits per heavy atom. The van der Waals surface area contributed by atoms with Crippen molar-refractivity contribution in [1.82, 2.24) is 9.13 Å². The molecule has 286 valence electrons. The van der Waals surface area contributed by atoms with Crippen molar-refractivity contribution >= 4 is 87.5 Å². The first-order chi connectivity index (χ1) is 30.0. The smallest absolute Gasteiger partial charge is 0.139 e. The average molecular weight is 781 g/mol. The molecule has 4 heteroatoms. The second kappa shape index (κ2) is 11.7. The largest absolute Gasteiger partial charge is 0.456 e. The highest BCUT2D eigenvalue weighted by Gasteiger charge is 2.36. The zero-order valence-electron chi connectivity index (χ0n) is 33.5. The van der Waals surface area contributed by atoms with Gasteiger partial charge in [0.1, 0.15) is 22.3 Å². The summed E-state index contributed by atoms with van der Waals surface area (Å²) < 4.78 is 17.6. The van der Waals surface area contributed by atoms with Gasteiger partial charge in [-0.1, -0.05) is 105 Å². The van der Waals surface area contributed by atoms with Crippen LogP contribution < -0.4 is 0 Å². The van der Waals surface area contributed by atoms with Crippen LogP contribution in [0, 0.1) is 0 Å². The third-order valence-corrected chi connectivity index (χ3v) is 13.7. The fourth-order valence-electron chi connectivity index (χ4n) is 10.8. The van der Waals surface area contributed by atoms with Crippen LogP contribution in [0.2, 0.25) is 0 Å². The average Bonchev–Trinajstić information content (AvgIpc) is 4.08. The van der Waals surface area contributed by atoms with Gasteiger partial charge in [-0.2, -0.15) is 0 Å². The van der Waals surface area contributed by atoms with Gasteiger partial charge < -0.3 is 18.0 Å². The Balaban J connectivity index is 1.01. The molecular formula is C57H36N2O2. The Bertz CT molecular complexity index is 4020. The molecule has 0 fully saturated rings. The molecule has 61 heavy (non-hydrogen) atoms. The van der Waals surface area contributed by atoms with Crippen molar-refractivity contribution in [3.8, 4) is 33.6 Å². The lowest BCUT2D eigenvalue weighted by atomic mass is 9.82. The Labute approximate surface area is 350 Å². The summed E-state index contributed by atoms with van der Waals surface area (Å²) in [6.07, 6.45) is 0. The minimum Gasteiger partial charge on any atom is -0.456 e. The summed E-state index contributed by atoms with van der Waals surface area (Å²) in [6.45, 7) is 4.73. The topological polar surface area (TPSA) is 36.1 Å². The second-order valence-corrected chi connectivity index (χ2v) is 17.3. The van der Waals surface area contributed by atoms with E-state index in [1.54, 1.807) is 0 Å². The Kier molecular flexibility index (Phi) is 6.33. The van der Waals surface area contributed by atoms with Crippen molar-refractivity contribution in [2.45, 2.75) is 19.3 Å². The molecule has 1 aliphatic carbocycles. The number of furan rings is 2. The first-order valence-corrected chi connectivity index (χ1v) is 21.1. The lowest BCUT2D eigenvalue weighted by Gasteiger charge is -2.21. The molecule has 13 aromatic rings. The molecule has 0 spiro atoms. The van der Waals surface area contributed by atoms with Crippen molar-refractivity contribution in [3.63, 3.8) is 0 Å². The quantitative estimate of drug-likeness (QED) is 0.179. The first-order valence-electron chi connectivity index (χ1n) is 21.1. The minimum absolute atomic E-state index is 0.135. The maximum atomic E-state index is 6.51. The third kappa shape index (κ3) is 4.43. The summed E-state index contributed by atoms with van der Waals surface area (Å²) in [6, 6.07) is 66.5. The first kappa shape index (κ1) is 33.1. The van der Waals surface area contributed by atoms with Gasteiger partial charge in [-0.05, 0) is 118 Å². The summed E-state index contributed by atoms with van der Waals surface area (Å²) in [5.41, 5.74) is 18.1. The van der Waals surface area contributed by atoms with E-state index < -0.39 is 0 Å². The van der Waals surface area contributed by atoms with E-state index in [-0.39, 0.29) is 5.41 Å². The van der Waals surface area contributed by atoms with E-state index in [9.17, 15) is 0 Å². The number of rotatable bonds is 3. The lowest BCUT2D eigenvalue weighted by molar-refractivity contribution is 0.656. The number of hydrogen-bond acceptors (Lipinski definition) is 2. The molecule has 0 bridgehead atoms. The summed E-state index contributed by atoms with van der Waals surface area (Å²) in [5.74, 6) is 0. The number of benzene rings is 9. The van der Waals surface area contributed by atoms with Crippen molar-refractivity contribution in [3.05, 3.63) is 193 Å². The van der Waals surface area contributed by atoms with E-state index in [0.717, 1.165) is 55.3 Å². The fraction of sp³-hybridized carbons (Fsp3) is 0.0526. The number of aromatic nitrogens is 2. The van der Waals surface area contributed by atoms with Gasteiger partial charge in [0.15, 0.2) is 0 Å².